The van der Waals surface area contributed by atoms with Gasteiger partial charge in [-0.3, -0.25) is 4.79 Å². The first-order valence-corrected chi connectivity index (χ1v) is 8.31. The first-order valence-electron chi connectivity index (χ1n) is 8.31. The van der Waals surface area contributed by atoms with Crippen molar-refractivity contribution in [2.24, 2.45) is 5.41 Å². The molecule has 1 aromatic rings. The van der Waals surface area contributed by atoms with E-state index < -0.39 is 0 Å². The lowest BCUT2D eigenvalue weighted by atomic mass is 9.89. The molecule has 1 aromatic carbocycles. The molecule has 1 rings (SSSR count). The fourth-order valence-electron chi connectivity index (χ4n) is 2.04. The van der Waals surface area contributed by atoms with Gasteiger partial charge >= 0.3 is 0 Å². The molecule has 0 spiro atoms. The number of rotatable bonds is 8. The Morgan fingerprint density at radius 1 is 1.18 bits per heavy atom. The van der Waals surface area contributed by atoms with Gasteiger partial charge in [-0.15, -0.1) is 0 Å². The van der Waals surface area contributed by atoms with Gasteiger partial charge in [0.15, 0.2) is 0 Å². The number of hydrogen-bond acceptors (Lipinski definition) is 2. The molecule has 0 radical (unpaired) electrons. The lowest BCUT2D eigenvalue weighted by Crippen LogP contribution is -2.41. The van der Waals surface area contributed by atoms with Crippen molar-refractivity contribution in [1.29, 1.82) is 0 Å². The predicted molar refractivity (Wildman–Crippen MR) is 92.2 cm³/mol. The maximum Gasteiger partial charge on any atom is 0.225 e. The Morgan fingerprint density at radius 2 is 1.77 bits per heavy atom. The van der Waals surface area contributed by atoms with Crippen LogP contribution in [0.25, 0.3) is 0 Å². The third kappa shape index (κ3) is 6.08. The highest BCUT2D eigenvalue weighted by molar-refractivity contribution is 5.81. The molecular weight excluding hydrogens is 274 g/mol. The molecule has 0 aromatic heterocycles. The number of carbonyl (C=O) groups is 1. The SMILES string of the molecule is CCC(C)(C)C(=O)NC(C)CCc1ccc(OC(C)C)cc1. The zero-order valence-electron chi connectivity index (χ0n) is 14.9. The van der Waals surface area contributed by atoms with Gasteiger partial charge in [0.2, 0.25) is 5.91 Å². The van der Waals surface area contributed by atoms with Crippen molar-refractivity contribution in [3.05, 3.63) is 29.8 Å². The largest absolute Gasteiger partial charge is 0.491 e. The molecule has 1 unspecified atom stereocenters. The fourth-order valence-corrected chi connectivity index (χ4v) is 2.04. The minimum absolute atomic E-state index is 0.142. The van der Waals surface area contributed by atoms with E-state index in [0.29, 0.717) is 0 Å². The van der Waals surface area contributed by atoms with Gasteiger partial charge in [-0.05, 0) is 57.7 Å². The topological polar surface area (TPSA) is 38.3 Å². The number of nitrogens with one attached hydrogen (secondary N) is 1. The standard InChI is InChI=1S/C19H31NO2/c1-7-19(5,6)18(21)20-15(4)8-9-16-10-12-17(13-11-16)22-14(2)3/h10-15H,7-9H2,1-6H3,(H,20,21). The minimum Gasteiger partial charge on any atom is -0.491 e. The summed E-state index contributed by atoms with van der Waals surface area (Å²) in [5.74, 6) is 1.05. The van der Waals surface area contributed by atoms with E-state index in [1.807, 2.05) is 46.8 Å². The zero-order chi connectivity index (χ0) is 16.8. The fraction of sp³-hybridized carbons (Fsp3) is 0.632. The van der Waals surface area contributed by atoms with E-state index in [-0.39, 0.29) is 23.5 Å². The second-order valence-electron chi connectivity index (χ2n) is 6.96. The Bertz CT molecular complexity index is 463. The van der Waals surface area contributed by atoms with E-state index in [4.69, 9.17) is 4.74 Å². The third-order valence-electron chi connectivity index (χ3n) is 4.04. The van der Waals surface area contributed by atoms with Gasteiger partial charge in [0.05, 0.1) is 6.10 Å². The molecule has 0 saturated carbocycles. The number of aryl methyl sites for hydroxylation is 1. The van der Waals surface area contributed by atoms with Gasteiger partial charge in [0, 0.05) is 11.5 Å². The Balaban J connectivity index is 2.44. The summed E-state index contributed by atoms with van der Waals surface area (Å²) >= 11 is 0. The van der Waals surface area contributed by atoms with Crippen molar-refractivity contribution < 1.29 is 9.53 Å². The van der Waals surface area contributed by atoms with Crippen LogP contribution in [0.4, 0.5) is 0 Å². The number of hydrogen-bond donors (Lipinski definition) is 1. The molecule has 1 N–H and O–H groups in total. The van der Waals surface area contributed by atoms with Crippen LogP contribution in [0.5, 0.6) is 5.75 Å². The van der Waals surface area contributed by atoms with Crippen molar-refractivity contribution in [3.8, 4) is 5.75 Å². The monoisotopic (exact) mass is 305 g/mol. The molecule has 124 valence electrons. The van der Waals surface area contributed by atoms with Gasteiger partial charge < -0.3 is 10.1 Å². The first kappa shape index (κ1) is 18.5. The van der Waals surface area contributed by atoms with Crippen molar-refractivity contribution in [2.45, 2.75) is 73.0 Å². The van der Waals surface area contributed by atoms with Crippen LogP contribution in [-0.4, -0.2) is 18.1 Å². The molecule has 0 aliphatic rings. The summed E-state index contributed by atoms with van der Waals surface area (Å²) in [6.45, 7) is 12.1. The molecule has 1 atom stereocenters. The maximum atomic E-state index is 12.1. The van der Waals surface area contributed by atoms with E-state index in [1.54, 1.807) is 0 Å². The number of ether oxygens (including phenoxy) is 1. The van der Waals surface area contributed by atoms with E-state index in [2.05, 4.69) is 24.4 Å². The minimum atomic E-state index is -0.288. The highest BCUT2D eigenvalue weighted by Crippen LogP contribution is 2.20. The van der Waals surface area contributed by atoms with Gasteiger partial charge in [-0.25, -0.2) is 0 Å². The highest BCUT2D eigenvalue weighted by Gasteiger charge is 2.25. The second kappa shape index (κ2) is 8.21. The van der Waals surface area contributed by atoms with Gasteiger partial charge in [-0.1, -0.05) is 32.9 Å². The highest BCUT2D eigenvalue weighted by atomic mass is 16.5. The van der Waals surface area contributed by atoms with E-state index >= 15 is 0 Å². The molecule has 22 heavy (non-hydrogen) atoms. The normalized spacial score (nSPS) is 13.0. The van der Waals surface area contributed by atoms with Crippen LogP contribution < -0.4 is 10.1 Å². The van der Waals surface area contributed by atoms with Crippen molar-refractivity contribution in [2.75, 3.05) is 0 Å². The quantitative estimate of drug-likeness (QED) is 0.775. The zero-order valence-corrected chi connectivity index (χ0v) is 14.9. The van der Waals surface area contributed by atoms with Crippen molar-refractivity contribution in [3.63, 3.8) is 0 Å². The summed E-state index contributed by atoms with van der Waals surface area (Å²) < 4.78 is 5.64. The summed E-state index contributed by atoms with van der Waals surface area (Å²) in [5, 5.41) is 3.12. The predicted octanol–water partition coefficient (Wildman–Crippen LogP) is 4.35. The van der Waals surface area contributed by atoms with Crippen LogP contribution in [0.15, 0.2) is 24.3 Å². The van der Waals surface area contributed by atoms with Crippen LogP contribution in [0.1, 0.15) is 59.9 Å². The van der Waals surface area contributed by atoms with Gasteiger partial charge in [-0.2, -0.15) is 0 Å². The lowest BCUT2D eigenvalue weighted by Gasteiger charge is -2.24. The summed E-state index contributed by atoms with van der Waals surface area (Å²) in [6.07, 6.45) is 2.94. The lowest BCUT2D eigenvalue weighted by molar-refractivity contribution is -0.130. The summed E-state index contributed by atoms with van der Waals surface area (Å²) in [5.41, 5.74) is 0.983. The first-order chi connectivity index (χ1) is 10.2. The Morgan fingerprint density at radius 3 is 2.27 bits per heavy atom. The maximum absolute atomic E-state index is 12.1. The third-order valence-corrected chi connectivity index (χ3v) is 4.04. The molecule has 1 amide bonds. The van der Waals surface area contributed by atoms with E-state index in [1.165, 1.54) is 5.56 Å². The number of carbonyl (C=O) groups excluding carboxylic acids is 1. The van der Waals surface area contributed by atoms with Crippen LogP contribution in [0, 0.1) is 5.41 Å². The van der Waals surface area contributed by atoms with Crippen molar-refractivity contribution in [1.82, 2.24) is 5.32 Å². The Labute approximate surface area is 135 Å². The molecule has 0 fully saturated rings. The molecular formula is C19H31NO2. The second-order valence-corrected chi connectivity index (χ2v) is 6.96. The van der Waals surface area contributed by atoms with Crippen LogP contribution >= 0.6 is 0 Å². The molecule has 0 saturated heterocycles. The molecule has 3 nitrogen and oxygen atoms in total. The van der Waals surface area contributed by atoms with E-state index in [0.717, 1.165) is 25.0 Å². The average Bonchev–Trinajstić information content (AvgIpc) is 2.45. The Kier molecular flexibility index (Phi) is 6.92. The van der Waals surface area contributed by atoms with Crippen LogP contribution in [0.3, 0.4) is 0 Å². The van der Waals surface area contributed by atoms with E-state index in [9.17, 15) is 4.79 Å². The van der Waals surface area contributed by atoms with Crippen LogP contribution in [-0.2, 0) is 11.2 Å². The molecule has 0 bridgehead atoms. The van der Waals surface area contributed by atoms with Gasteiger partial charge in [0.25, 0.3) is 0 Å². The number of amides is 1. The molecule has 0 aliphatic heterocycles. The number of benzene rings is 1. The molecule has 0 aliphatic carbocycles. The van der Waals surface area contributed by atoms with Crippen LogP contribution in [0.2, 0.25) is 0 Å². The smallest absolute Gasteiger partial charge is 0.225 e. The Hall–Kier alpha value is -1.51. The van der Waals surface area contributed by atoms with Crippen molar-refractivity contribution >= 4 is 5.91 Å². The summed E-state index contributed by atoms with van der Waals surface area (Å²) in [4.78, 5) is 12.1. The summed E-state index contributed by atoms with van der Waals surface area (Å²) in [6, 6.07) is 8.41. The molecule has 3 heteroatoms. The molecule has 0 heterocycles. The van der Waals surface area contributed by atoms with Gasteiger partial charge in [0.1, 0.15) is 5.75 Å². The average molecular weight is 305 g/mol. The summed E-state index contributed by atoms with van der Waals surface area (Å²) in [7, 11) is 0.